The Hall–Kier alpha value is -2.14. The van der Waals surface area contributed by atoms with E-state index in [-0.39, 0.29) is 11.1 Å². The van der Waals surface area contributed by atoms with Gasteiger partial charge in [-0.15, -0.1) is 0 Å². The Bertz CT molecular complexity index is 656. The summed E-state index contributed by atoms with van der Waals surface area (Å²) >= 11 is 0. The number of halogens is 2. The molecule has 112 valence electrons. The smallest absolute Gasteiger partial charge is 0.129 e. The van der Waals surface area contributed by atoms with Crippen molar-refractivity contribution in [2.45, 2.75) is 13.0 Å². The number of benzene rings is 2. The molecule has 3 nitrogen and oxygen atoms in total. The highest BCUT2D eigenvalue weighted by molar-refractivity contribution is 5.45. The summed E-state index contributed by atoms with van der Waals surface area (Å²) in [6.07, 6.45) is -1.33. The molecule has 0 aliphatic heterocycles. The Morgan fingerprint density at radius 1 is 0.952 bits per heavy atom. The van der Waals surface area contributed by atoms with E-state index in [1.54, 1.807) is 18.2 Å². The Balaban J connectivity index is 2.49. The number of aliphatic hydroxyl groups excluding tert-OH is 1. The van der Waals surface area contributed by atoms with E-state index in [0.717, 1.165) is 12.1 Å². The van der Waals surface area contributed by atoms with Crippen molar-refractivity contribution in [2.24, 2.45) is 0 Å². The van der Waals surface area contributed by atoms with Crippen LogP contribution in [0.1, 0.15) is 22.8 Å². The molecule has 1 N–H and O–H groups in total. The third kappa shape index (κ3) is 2.97. The van der Waals surface area contributed by atoms with E-state index in [1.165, 1.54) is 21.1 Å². The topological polar surface area (TPSA) is 38.7 Å². The molecule has 0 amide bonds. The van der Waals surface area contributed by atoms with Crippen LogP contribution in [0.2, 0.25) is 0 Å². The van der Waals surface area contributed by atoms with Crippen molar-refractivity contribution in [3.8, 4) is 11.5 Å². The number of methoxy groups -OCH3 is 2. The maximum absolute atomic E-state index is 14.0. The van der Waals surface area contributed by atoms with Gasteiger partial charge in [-0.25, -0.2) is 8.78 Å². The Kier molecular flexibility index (Phi) is 4.43. The molecule has 0 heterocycles. The van der Waals surface area contributed by atoms with Crippen LogP contribution in [0.5, 0.6) is 11.5 Å². The molecular weight excluding hydrogens is 278 g/mol. The zero-order valence-electron chi connectivity index (χ0n) is 12.0. The lowest BCUT2D eigenvalue weighted by Crippen LogP contribution is -2.06. The maximum atomic E-state index is 14.0. The van der Waals surface area contributed by atoms with Gasteiger partial charge in [-0.1, -0.05) is 0 Å². The minimum absolute atomic E-state index is 0.137. The number of hydrogen-bond acceptors (Lipinski definition) is 3. The lowest BCUT2D eigenvalue weighted by atomic mass is 9.98. The van der Waals surface area contributed by atoms with Crippen LogP contribution >= 0.6 is 0 Å². The van der Waals surface area contributed by atoms with E-state index >= 15 is 0 Å². The second-order valence-electron chi connectivity index (χ2n) is 4.63. The fourth-order valence-corrected chi connectivity index (χ4v) is 2.08. The second kappa shape index (κ2) is 6.10. The summed E-state index contributed by atoms with van der Waals surface area (Å²) in [5, 5.41) is 10.3. The zero-order chi connectivity index (χ0) is 15.6. The van der Waals surface area contributed by atoms with Gasteiger partial charge in [0.2, 0.25) is 0 Å². The average molecular weight is 294 g/mol. The first-order valence-electron chi connectivity index (χ1n) is 6.33. The molecule has 0 aromatic heterocycles. The molecule has 2 aromatic rings. The molecule has 0 radical (unpaired) electrons. The first-order valence-corrected chi connectivity index (χ1v) is 6.33. The average Bonchev–Trinajstić information content (AvgIpc) is 2.49. The van der Waals surface area contributed by atoms with Gasteiger partial charge in [0.05, 0.1) is 14.2 Å². The SMILES string of the molecule is COc1ccc(C(O)c2cc(F)c(C)cc2F)c(OC)c1. The molecule has 0 aliphatic rings. The van der Waals surface area contributed by atoms with Crippen LogP contribution in [0.25, 0.3) is 0 Å². The third-order valence-electron chi connectivity index (χ3n) is 3.31. The summed E-state index contributed by atoms with van der Waals surface area (Å²) in [6, 6.07) is 6.80. The van der Waals surface area contributed by atoms with Gasteiger partial charge in [0, 0.05) is 17.2 Å². The summed E-state index contributed by atoms with van der Waals surface area (Å²) in [6.45, 7) is 1.46. The van der Waals surface area contributed by atoms with Crippen LogP contribution in [0.4, 0.5) is 8.78 Å². The van der Waals surface area contributed by atoms with Gasteiger partial charge in [0.1, 0.15) is 29.2 Å². The van der Waals surface area contributed by atoms with Crippen molar-refractivity contribution in [1.29, 1.82) is 0 Å². The molecule has 0 aliphatic carbocycles. The Labute approximate surface area is 121 Å². The molecule has 0 bridgehead atoms. The van der Waals surface area contributed by atoms with Gasteiger partial charge < -0.3 is 14.6 Å². The van der Waals surface area contributed by atoms with Gasteiger partial charge in [-0.2, -0.15) is 0 Å². The zero-order valence-corrected chi connectivity index (χ0v) is 12.0. The highest BCUT2D eigenvalue weighted by Gasteiger charge is 2.21. The van der Waals surface area contributed by atoms with E-state index < -0.39 is 17.7 Å². The lowest BCUT2D eigenvalue weighted by molar-refractivity contribution is 0.208. The van der Waals surface area contributed by atoms with E-state index in [4.69, 9.17) is 9.47 Å². The van der Waals surface area contributed by atoms with Crippen molar-refractivity contribution in [3.05, 3.63) is 58.7 Å². The summed E-state index contributed by atoms with van der Waals surface area (Å²) in [7, 11) is 2.93. The molecule has 2 rings (SSSR count). The number of rotatable bonds is 4. The normalized spacial score (nSPS) is 12.1. The summed E-state index contributed by atoms with van der Waals surface area (Å²) < 4.78 is 37.8. The first-order chi connectivity index (χ1) is 9.97. The van der Waals surface area contributed by atoms with Gasteiger partial charge in [0.25, 0.3) is 0 Å². The molecule has 5 heteroatoms. The van der Waals surface area contributed by atoms with E-state index in [1.807, 2.05) is 0 Å². The third-order valence-corrected chi connectivity index (χ3v) is 3.31. The minimum Gasteiger partial charge on any atom is -0.497 e. The lowest BCUT2D eigenvalue weighted by Gasteiger charge is -2.17. The minimum atomic E-state index is -1.33. The fraction of sp³-hybridized carbons (Fsp3) is 0.250. The van der Waals surface area contributed by atoms with Gasteiger partial charge >= 0.3 is 0 Å². The predicted molar refractivity (Wildman–Crippen MR) is 74.7 cm³/mol. The van der Waals surface area contributed by atoms with E-state index in [9.17, 15) is 13.9 Å². The molecule has 1 atom stereocenters. The highest BCUT2D eigenvalue weighted by Crippen LogP contribution is 2.34. The van der Waals surface area contributed by atoms with Crippen LogP contribution in [-0.2, 0) is 0 Å². The monoisotopic (exact) mass is 294 g/mol. The summed E-state index contributed by atoms with van der Waals surface area (Å²) in [4.78, 5) is 0. The summed E-state index contributed by atoms with van der Waals surface area (Å²) in [5.74, 6) is -0.363. The molecule has 2 aromatic carbocycles. The van der Waals surface area contributed by atoms with Gasteiger partial charge in [-0.3, -0.25) is 0 Å². The van der Waals surface area contributed by atoms with E-state index in [2.05, 4.69) is 0 Å². The van der Waals surface area contributed by atoms with Crippen LogP contribution in [-0.4, -0.2) is 19.3 Å². The highest BCUT2D eigenvalue weighted by atomic mass is 19.1. The number of hydrogen-bond donors (Lipinski definition) is 1. The van der Waals surface area contributed by atoms with Crippen LogP contribution in [0.15, 0.2) is 30.3 Å². The molecule has 0 fully saturated rings. The standard InChI is InChI=1S/C16H16F2O3/c1-9-6-14(18)12(8-13(9)17)16(19)11-5-4-10(20-2)7-15(11)21-3/h4-8,16,19H,1-3H3. The number of aryl methyl sites for hydroxylation is 1. The molecular formula is C16H16F2O3. The van der Waals surface area contributed by atoms with Crippen molar-refractivity contribution >= 4 is 0 Å². The summed E-state index contributed by atoms with van der Waals surface area (Å²) in [5.41, 5.74) is 0.382. The predicted octanol–water partition coefficient (Wildman–Crippen LogP) is 3.37. The largest absolute Gasteiger partial charge is 0.497 e. The van der Waals surface area contributed by atoms with Crippen LogP contribution in [0.3, 0.4) is 0 Å². The van der Waals surface area contributed by atoms with Crippen molar-refractivity contribution in [2.75, 3.05) is 14.2 Å². The quantitative estimate of drug-likeness (QED) is 0.939. The fourth-order valence-electron chi connectivity index (χ4n) is 2.08. The molecule has 1 unspecified atom stereocenters. The molecule has 21 heavy (non-hydrogen) atoms. The second-order valence-corrected chi connectivity index (χ2v) is 4.63. The van der Waals surface area contributed by atoms with E-state index in [0.29, 0.717) is 17.1 Å². The Morgan fingerprint density at radius 3 is 2.29 bits per heavy atom. The van der Waals surface area contributed by atoms with Crippen LogP contribution in [0, 0.1) is 18.6 Å². The molecule has 0 spiro atoms. The van der Waals surface area contributed by atoms with Gasteiger partial charge in [0.15, 0.2) is 0 Å². The maximum Gasteiger partial charge on any atom is 0.129 e. The Morgan fingerprint density at radius 2 is 1.67 bits per heavy atom. The van der Waals surface area contributed by atoms with Crippen molar-refractivity contribution in [3.63, 3.8) is 0 Å². The number of ether oxygens (including phenoxy) is 2. The molecule has 0 saturated carbocycles. The van der Waals surface area contributed by atoms with Crippen molar-refractivity contribution < 1.29 is 23.4 Å². The molecule has 0 saturated heterocycles. The van der Waals surface area contributed by atoms with Crippen LogP contribution < -0.4 is 9.47 Å². The van der Waals surface area contributed by atoms with Gasteiger partial charge in [-0.05, 0) is 36.8 Å². The van der Waals surface area contributed by atoms with Crippen molar-refractivity contribution in [1.82, 2.24) is 0 Å². The number of aliphatic hydroxyl groups is 1. The first kappa shape index (κ1) is 15.3.